The summed E-state index contributed by atoms with van der Waals surface area (Å²) in [4.78, 5) is 22.3. The normalized spacial score (nSPS) is 19.6. The highest BCUT2D eigenvalue weighted by Crippen LogP contribution is 2.15. The zero-order chi connectivity index (χ0) is 12.1. The fraction of sp³-hybridized carbons (Fsp3) is 0.800. The molecule has 1 aliphatic rings. The summed E-state index contributed by atoms with van der Waals surface area (Å²) >= 11 is 0. The molecule has 2 unspecified atom stereocenters. The molecule has 0 aromatic rings. The number of hydrogen-bond donors (Lipinski definition) is 3. The molecule has 0 aliphatic carbocycles. The van der Waals surface area contributed by atoms with Gasteiger partial charge in [-0.15, -0.1) is 0 Å². The fourth-order valence-corrected chi connectivity index (χ4v) is 1.50. The number of rotatable bonds is 6. The van der Waals surface area contributed by atoms with E-state index < -0.39 is 12.1 Å². The van der Waals surface area contributed by atoms with Gasteiger partial charge in [0.05, 0.1) is 6.54 Å². The molecule has 6 nitrogen and oxygen atoms in total. The first kappa shape index (κ1) is 12.9. The molecule has 0 aromatic carbocycles. The largest absolute Gasteiger partial charge is 0.479 e. The van der Waals surface area contributed by atoms with Crippen molar-refractivity contribution in [3.8, 4) is 0 Å². The third-order valence-corrected chi connectivity index (χ3v) is 2.96. The second-order valence-corrected chi connectivity index (χ2v) is 4.01. The number of carboxylic acids is 1. The van der Waals surface area contributed by atoms with Gasteiger partial charge in [-0.05, 0) is 19.0 Å². The number of nitrogens with one attached hydrogen (secondary N) is 2. The van der Waals surface area contributed by atoms with Gasteiger partial charge in [0.25, 0.3) is 0 Å². The first-order valence-electron chi connectivity index (χ1n) is 5.30. The van der Waals surface area contributed by atoms with Crippen molar-refractivity contribution in [1.29, 1.82) is 0 Å². The van der Waals surface area contributed by atoms with Gasteiger partial charge in [0.15, 0.2) is 6.10 Å². The molecule has 0 bridgehead atoms. The van der Waals surface area contributed by atoms with E-state index >= 15 is 0 Å². The summed E-state index contributed by atoms with van der Waals surface area (Å²) in [6.45, 7) is 3.56. The Hall–Kier alpha value is -1.14. The molecule has 0 spiro atoms. The first-order chi connectivity index (χ1) is 7.56. The van der Waals surface area contributed by atoms with E-state index in [1.54, 1.807) is 0 Å². The average Bonchev–Trinajstić information content (AvgIpc) is 2.15. The molecule has 6 heteroatoms. The van der Waals surface area contributed by atoms with Crippen LogP contribution in [0.4, 0.5) is 0 Å². The van der Waals surface area contributed by atoms with Crippen molar-refractivity contribution in [2.45, 2.75) is 13.0 Å². The Balaban J connectivity index is 2.30. The summed E-state index contributed by atoms with van der Waals surface area (Å²) in [5.74, 6) is -0.922. The van der Waals surface area contributed by atoms with Crippen molar-refractivity contribution in [3.05, 3.63) is 0 Å². The molecule has 0 radical (unpaired) electrons. The number of carbonyl (C=O) groups excluding carboxylic acids is 1. The van der Waals surface area contributed by atoms with E-state index in [-0.39, 0.29) is 18.4 Å². The van der Waals surface area contributed by atoms with Crippen molar-refractivity contribution in [2.24, 2.45) is 11.8 Å². The molecule has 1 amide bonds. The van der Waals surface area contributed by atoms with E-state index in [2.05, 4.69) is 10.6 Å². The molecule has 0 saturated carbocycles. The Morgan fingerprint density at radius 2 is 2.19 bits per heavy atom. The molecule has 1 saturated heterocycles. The van der Waals surface area contributed by atoms with Crippen LogP contribution in [0, 0.1) is 11.8 Å². The summed E-state index contributed by atoms with van der Waals surface area (Å²) in [6, 6.07) is 0. The molecule has 2 atom stereocenters. The maximum atomic E-state index is 11.6. The minimum absolute atomic E-state index is 0.00908. The lowest BCUT2D eigenvalue weighted by molar-refractivity contribution is -0.148. The summed E-state index contributed by atoms with van der Waals surface area (Å²) in [5, 5.41) is 14.4. The Labute approximate surface area is 94.3 Å². The van der Waals surface area contributed by atoms with Crippen molar-refractivity contribution in [3.63, 3.8) is 0 Å². The summed E-state index contributed by atoms with van der Waals surface area (Å²) in [5.41, 5.74) is 0. The van der Waals surface area contributed by atoms with E-state index in [0.717, 1.165) is 13.1 Å². The van der Waals surface area contributed by atoms with Gasteiger partial charge in [-0.25, -0.2) is 4.79 Å². The Kier molecular flexibility index (Phi) is 4.70. The minimum Gasteiger partial charge on any atom is -0.479 e. The molecule has 92 valence electrons. The van der Waals surface area contributed by atoms with Gasteiger partial charge in [-0.2, -0.15) is 0 Å². The lowest BCUT2D eigenvalue weighted by Crippen LogP contribution is -2.50. The molecular formula is C10H18N2O4. The number of carboxylic acid groups (broad SMARTS) is 1. The molecule has 1 aliphatic heterocycles. The number of amides is 1. The lowest BCUT2D eigenvalue weighted by atomic mass is 9.88. The van der Waals surface area contributed by atoms with E-state index in [1.165, 1.54) is 7.11 Å². The maximum Gasteiger partial charge on any atom is 0.334 e. The number of hydrogen-bond acceptors (Lipinski definition) is 4. The Bertz CT molecular complexity index is 266. The van der Waals surface area contributed by atoms with E-state index in [0.29, 0.717) is 5.92 Å². The van der Waals surface area contributed by atoms with Crippen LogP contribution in [-0.4, -0.2) is 49.8 Å². The van der Waals surface area contributed by atoms with Crippen LogP contribution < -0.4 is 10.6 Å². The van der Waals surface area contributed by atoms with Gasteiger partial charge >= 0.3 is 5.97 Å². The van der Waals surface area contributed by atoms with Gasteiger partial charge in [0, 0.05) is 13.0 Å². The molecule has 3 N–H and O–H groups in total. The van der Waals surface area contributed by atoms with Gasteiger partial charge in [0.2, 0.25) is 5.91 Å². The van der Waals surface area contributed by atoms with Crippen molar-refractivity contribution in [2.75, 3.05) is 26.7 Å². The highest BCUT2D eigenvalue weighted by Gasteiger charge is 2.29. The molecule has 1 fully saturated rings. The Morgan fingerprint density at radius 3 is 2.56 bits per heavy atom. The second kappa shape index (κ2) is 5.81. The van der Waals surface area contributed by atoms with Crippen LogP contribution in [-0.2, 0) is 14.3 Å². The van der Waals surface area contributed by atoms with Gasteiger partial charge < -0.3 is 20.5 Å². The van der Waals surface area contributed by atoms with Crippen LogP contribution in [0.15, 0.2) is 0 Å². The van der Waals surface area contributed by atoms with E-state index in [4.69, 9.17) is 9.84 Å². The van der Waals surface area contributed by atoms with Crippen LogP contribution in [0.5, 0.6) is 0 Å². The maximum absolute atomic E-state index is 11.6. The molecule has 1 rings (SSSR count). The number of aliphatic carboxylic acids is 1. The van der Waals surface area contributed by atoms with Crippen molar-refractivity contribution < 1.29 is 19.4 Å². The van der Waals surface area contributed by atoms with Gasteiger partial charge in [-0.3, -0.25) is 4.79 Å². The van der Waals surface area contributed by atoms with Crippen LogP contribution >= 0.6 is 0 Å². The molecule has 1 heterocycles. The Morgan fingerprint density at radius 1 is 1.56 bits per heavy atom. The number of ether oxygens (including phenoxy) is 1. The van der Waals surface area contributed by atoms with Gasteiger partial charge in [0.1, 0.15) is 0 Å². The quantitative estimate of drug-likeness (QED) is 0.548. The highest BCUT2D eigenvalue weighted by atomic mass is 16.5. The van der Waals surface area contributed by atoms with E-state index in [1.807, 2.05) is 6.92 Å². The van der Waals surface area contributed by atoms with Crippen LogP contribution in [0.3, 0.4) is 0 Å². The summed E-state index contributed by atoms with van der Waals surface area (Å²) < 4.78 is 4.72. The third kappa shape index (κ3) is 3.18. The predicted molar refractivity (Wildman–Crippen MR) is 57.0 cm³/mol. The summed E-state index contributed by atoms with van der Waals surface area (Å²) in [7, 11) is 1.31. The summed E-state index contributed by atoms with van der Waals surface area (Å²) in [6.07, 6.45) is -0.976. The van der Waals surface area contributed by atoms with Crippen LogP contribution in [0.1, 0.15) is 6.92 Å². The fourth-order valence-electron chi connectivity index (χ4n) is 1.50. The second-order valence-electron chi connectivity index (χ2n) is 4.01. The predicted octanol–water partition coefficient (Wildman–Crippen LogP) is -0.942. The zero-order valence-corrected chi connectivity index (χ0v) is 9.53. The molecular weight excluding hydrogens is 212 g/mol. The molecule has 0 aromatic heterocycles. The zero-order valence-electron chi connectivity index (χ0n) is 9.53. The SMILES string of the molecule is COC(CNC(=O)C(C)C1CNC1)C(=O)O. The van der Waals surface area contributed by atoms with Crippen molar-refractivity contribution >= 4 is 11.9 Å². The standard InChI is InChI=1S/C10H18N2O4/c1-6(7-3-11-4-7)9(13)12-5-8(16-2)10(14)15/h6-8,11H,3-5H2,1-2H3,(H,12,13)(H,14,15). The topological polar surface area (TPSA) is 87.7 Å². The van der Waals surface area contributed by atoms with E-state index in [9.17, 15) is 9.59 Å². The monoisotopic (exact) mass is 230 g/mol. The minimum atomic E-state index is -1.07. The smallest absolute Gasteiger partial charge is 0.334 e. The van der Waals surface area contributed by atoms with Gasteiger partial charge in [-0.1, -0.05) is 6.92 Å². The number of methoxy groups -OCH3 is 1. The first-order valence-corrected chi connectivity index (χ1v) is 5.30. The van der Waals surface area contributed by atoms with Crippen molar-refractivity contribution in [1.82, 2.24) is 10.6 Å². The van der Waals surface area contributed by atoms with Crippen LogP contribution in [0.2, 0.25) is 0 Å². The number of carbonyl (C=O) groups is 2. The molecule has 16 heavy (non-hydrogen) atoms. The lowest BCUT2D eigenvalue weighted by Gasteiger charge is -2.31. The third-order valence-electron chi connectivity index (χ3n) is 2.96. The van der Waals surface area contributed by atoms with Crippen LogP contribution in [0.25, 0.3) is 0 Å². The average molecular weight is 230 g/mol. The highest BCUT2D eigenvalue weighted by molar-refractivity contribution is 5.80.